The summed E-state index contributed by atoms with van der Waals surface area (Å²) in [6.07, 6.45) is 2.31. The summed E-state index contributed by atoms with van der Waals surface area (Å²) >= 11 is 3.16. The summed E-state index contributed by atoms with van der Waals surface area (Å²) in [5.74, 6) is 0. The lowest BCUT2D eigenvalue weighted by Crippen LogP contribution is -2.25. The molecule has 0 aliphatic heterocycles. The van der Waals surface area contributed by atoms with Crippen LogP contribution in [0.15, 0.2) is 15.5 Å². The number of halogens is 1. The van der Waals surface area contributed by atoms with E-state index in [1.54, 1.807) is 4.57 Å². The van der Waals surface area contributed by atoms with Gasteiger partial charge in [-0.25, -0.2) is 4.98 Å². The van der Waals surface area contributed by atoms with E-state index in [0.29, 0.717) is 10.5 Å². The monoisotopic (exact) mass is 260 g/mol. The average molecular weight is 261 g/mol. The van der Waals surface area contributed by atoms with Gasteiger partial charge in [-0.1, -0.05) is 6.92 Å². The Kier molecular flexibility index (Phi) is 3.69. The molecule has 78 valence electrons. The third kappa shape index (κ3) is 1.97. The number of hydrogen-bond acceptors (Lipinski definition) is 3. The Balaban J connectivity index is 3.35. The number of methoxy groups -OCH3 is 1. The van der Waals surface area contributed by atoms with Crippen LogP contribution in [-0.2, 0) is 0 Å². The van der Waals surface area contributed by atoms with Crippen LogP contribution in [0, 0.1) is 0 Å². The molecule has 0 saturated heterocycles. The number of rotatable bonds is 3. The molecule has 0 saturated carbocycles. The lowest BCUT2D eigenvalue weighted by atomic mass is 10.2. The Labute approximate surface area is 91.0 Å². The molecule has 0 fully saturated rings. The van der Waals surface area contributed by atoms with Gasteiger partial charge in [0.25, 0.3) is 11.6 Å². The molecular weight excluding hydrogens is 248 g/mol. The molecule has 0 aliphatic rings. The maximum atomic E-state index is 11.7. The Hall–Kier alpha value is -0.840. The number of aromatic nitrogens is 2. The Morgan fingerprint density at radius 1 is 1.71 bits per heavy atom. The van der Waals surface area contributed by atoms with E-state index in [2.05, 4.69) is 20.9 Å². The molecule has 14 heavy (non-hydrogen) atoms. The summed E-state index contributed by atoms with van der Waals surface area (Å²) in [5.41, 5.74) is -0.105. The van der Waals surface area contributed by atoms with Gasteiger partial charge >= 0.3 is 0 Å². The quantitative estimate of drug-likeness (QED) is 0.835. The van der Waals surface area contributed by atoms with Crippen molar-refractivity contribution in [2.24, 2.45) is 0 Å². The van der Waals surface area contributed by atoms with Crippen LogP contribution in [0.3, 0.4) is 0 Å². The van der Waals surface area contributed by atoms with Crippen molar-refractivity contribution in [2.45, 2.75) is 26.3 Å². The summed E-state index contributed by atoms with van der Waals surface area (Å²) in [6, 6.07) is 0.440. The van der Waals surface area contributed by atoms with Gasteiger partial charge in [0, 0.05) is 6.04 Å². The highest BCUT2D eigenvalue weighted by atomic mass is 79.9. The maximum absolute atomic E-state index is 11.7. The van der Waals surface area contributed by atoms with Gasteiger partial charge < -0.3 is 4.74 Å². The Bertz CT molecular complexity index is 376. The molecule has 0 unspecified atom stereocenters. The van der Waals surface area contributed by atoms with Crippen molar-refractivity contribution < 1.29 is 4.74 Å². The van der Waals surface area contributed by atoms with Gasteiger partial charge in [0.05, 0.1) is 13.3 Å². The molecular formula is C9H13BrN2O2. The van der Waals surface area contributed by atoms with Crippen LogP contribution in [0.1, 0.15) is 26.3 Å². The highest BCUT2D eigenvalue weighted by molar-refractivity contribution is 9.10. The summed E-state index contributed by atoms with van der Waals surface area (Å²) in [7, 11) is 1.51. The lowest BCUT2D eigenvalue weighted by molar-refractivity contribution is 0.324. The van der Waals surface area contributed by atoms with Crippen LogP contribution in [-0.4, -0.2) is 16.7 Å². The van der Waals surface area contributed by atoms with Crippen molar-refractivity contribution in [3.8, 4) is 6.01 Å². The minimum absolute atomic E-state index is 0.0856. The Morgan fingerprint density at radius 2 is 2.36 bits per heavy atom. The summed E-state index contributed by atoms with van der Waals surface area (Å²) in [6.45, 7) is 3.97. The first-order chi connectivity index (χ1) is 6.61. The van der Waals surface area contributed by atoms with Gasteiger partial charge in [0.1, 0.15) is 4.47 Å². The van der Waals surface area contributed by atoms with Crippen molar-refractivity contribution in [1.29, 1.82) is 0 Å². The van der Waals surface area contributed by atoms with Gasteiger partial charge in [-0.3, -0.25) is 9.36 Å². The first kappa shape index (κ1) is 11.2. The summed E-state index contributed by atoms with van der Waals surface area (Å²) in [4.78, 5) is 15.8. The highest BCUT2D eigenvalue weighted by Gasteiger charge is 2.13. The van der Waals surface area contributed by atoms with Crippen molar-refractivity contribution in [1.82, 2.24) is 9.55 Å². The zero-order chi connectivity index (χ0) is 10.7. The fourth-order valence-corrected chi connectivity index (χ4v) is 1.45. The molecule has 1 rings (SSSR count). The van der Waals surface area contributed by atoms with E-state index in [1.807, 2.05) is 13.8 Å². The summed E-state index contributed by atoms with van der Waals surface area (Å²) in [5, 5.41) is 0. The van der Waals surface area contributed by atoms with Crippen molar-refractivity contribution in [2.75, 3.05) is 7.11 Å². The predicted octanol–water partition coefficient (Wildman–Crippen LogP) is 1.99. The van der Waals surface area contributed by atoms with Gasteiger partial charge in [-0.05, 0) is 29.3 Å². The first-order valence-electron chi connectivity index (χ1n) is 4.42. The van der Waals surface area contributed by atoms with Crippen LogP contribution in [0.2, 0.25) is 0 Å². The second-order valence-electron chi connectivity index (χ2n) is 3.03. The fraction of sp³-hybridized carbons (Fsp3) is 0.556. The molecule has 5 heteroatoms. The van der Waals surface area contributed by atoms with E-state index in [1.165, 1.54) is 13.3 Å². The topological polar surface area (TPSA) is 44.1 Å². The third-order valence-corrected chi connectivity index (χ3v) is 2.68. The van der Waals surface area contributed by atoms with Crippen LogP contribution >= 0.6 is 15.9 Å². The molecule has 1 heterocycles. The molecule has 0 aliphatic carbocycles. The van der Waals surface area contributed by atoms with Gasteiger partial charge in [0.15, 0.2) is 0 Å². The number of hydrogen-bond donors (Lipinski definition) is 0. The first-order valence-corrected chi connectivity index (χ1v) is 5.22. The standard InChI is InChI=1S/C9H13BrN2O2/c1-4-6(2)12-8(13)7(10)5-11-9(12)14-3/h5-6H,4H2,1-3H3/t6-/m0/s1. The molecule has 0 N–H and O–H groups in total. The van der Waals surface area contributed by atoms with Crippen LogP contribution in [0.5, 0.6) is 6.01 Å². The average Bonchev–Trinajstić information content (AvgIpc) is 2.20. The molecule has 0 radical (unpaired) electrons. The van der Waals surface area contributed by atoms with Crippen LogP contribution < -0.4 is 10.3 Å². The zero-order valence-corrected chi connectivity index (χ0v) is 10.0. The minimum Gasteiger partial charge on any atom is -0.468 e. The number of ether oxygens (including phenoxy) is 1. The molecule has 0 spiro atoms. The smallest absolute Gasteiger partial charge is 0.299 e. The molecule has 1 aromatic heterocycles. The second kappa shape index (κ2) is 4.59. The van der Waals surface area contributed by atoms with Crippen molar-refractivity contribution >= 4 is 15.9 Å². The molecule has 1 atom stereocenters. The van der Waals surface area contributed by atoms with Crippen LogP contribution in [0.25, 0.3) is 0 Å². The van der Waals surface area contributed by atoms with E-state index in [4.69, 9.17) is 4.74 Å². The largest absolute Gasteiger partial charge is 0.468 e. The fourth-order valence-electron chi connectivity index (χ4n) is 1.15. The van der Waals surface area contributed by atoms with E-state index in [9.17, 15) is 4.79 Å². The number of nitrogens with zero attached hydrogens (tertiary/aromatic N) is 2. The molecule has 0 bridgehead atoms. The zero-order valence-electron chi connectivity index (χ0n) is 8.45. The normalized spacial score (nSPS) is 12.6. The molecule has 1 aromatic rings. The molecule has 0 amide bonds. The van der Waals surface area contributed by atoms with E-state index >= 15 is 0 Å². The van der Waals surface area contributed by atoms with Gasteiger partial charge in [-0.2, -0.15) is 0 Å². The second-order valence-corrected chi connectivity index (χ2v) is 3.88. The predicted molar refractivity (Wildman–Crippen MR) is 57.8 cm³/mol. The Morgan fingerprint density at radius 3 is 2.86 bits per heavy atom. The summed E-state index contributed by atoms with van der Waals surface area (Å²) < 4.78 is 7.04. The SMILES string of the molecule is CC[C@H](C)n1c(OC)ncc(Br)c1=O. The van der Waals surface area contributed by atoms with Crippen LogP contribution in [0.4, 0.5) is 0 Å². The lowest BCUT2D eigenvalue weighted by Gasteiger charge is -2.15. The van der Waals surface area contributed by atoms with Gasteiger partial charge in [-0.15, -0.1) is 0 Å². The van der Waals surface area contributed by atoms with Crippen molar-refractivity contribution in [3.63, 3.8) is 0 Å². The third-order valence-electron chi connectivity index (χ3n) is 2.13. The van der Waals surface area contributed by atoms with E-state index in [0.717, 1.165) is 6.42 Å². The minimum atomic E-state index is -0.105. The maximum Gasteiger partial charge on any atom is 0.299 e. The molecule has 0 aromatic carbocycles. The van der Waals surface area contributed by atoms with E-state index < -0.39 is 0 Å². The van der Waals surface area contributed by atoms with Crippen molar-refractivity contribution in [3.05, 3.63) is 21.0 Å². The molecule has 4 nitrogen and oxygen atoms in total. The van der Waals surface area contributed by atoms with Gasteiger partial charge in [0.2, 0.25) is 0 Å². The highest BCUT2D eigenvalue weighted by Crippen LogP contribution is 2.16. The van der Waals surface area contributed by atoms with E-state index in [-0.39, 0.29) is 11.6 Å².